The summed E-state index contributed by atoms with van der Waals surface area (Å²) in [5.41, 5.74) is 8.80. The fraction of sp³-hybridized carbons (Fsp3) is 0.800. The van der Waals surface area contributed by atoms with Crippen molar-refractivity contribution in [1.29, 1.82) is 0 Å². The van der Waals surface area contributed by atoms with Crippen molar-refractivity contribution in [1.82, 2.24) is 0 Å². The van der Waals surface area contributed by atoms with E-state index < -0.39 is 19.9 Å². The van der Waals surface area contributed by atoms with Crippen LogP contribution in [0.25, 0.3) is 0 Å². The van der Waals surface area contributed by atoms with Crippen LogP contribution in [0.3, 0.4) is 0 Å². The van der Waals surface area contributed by atoms with Crippen molar-refractivity contribution in [2.75, 3.05) is 21.3 Å². The smallest absolute Gasteiger partial charge is 0.483 e. The molecule has 0 spiro atoms. The minimum atomic E-state index is -1.67. The van der Waals surface area contributed by atoms with E-state index in [-0.39, 0.29) is 0 Å². The van der Waals surface area contributed by atoms with E-state index in [0.717, 1.165) is 0 Å². The first kappa shape index (κ1) is 31.7. The monoisotopic (exact) mass is 350 g/mol. The van der Waals surface area contributed by atoms with Gasteiger partial charge in [0.15, 0.2) is 0 Å². The highest BCUT2D eigenvalue weighted by molar-refractivity contribution is 7.80. The van der Waals surface area contributed by atoms with Crippen LogP contribution in [-0.2, 0) is 13.3 Å². The molecule has 0 aliphatic carbocycles. The highest BCUT2D eigenvalue weighted by Gasteiger charge is 2.04. The minimum Gasteiger partial charge on any atom is -0.487 e. The molecule has 20 heavy (non-hydrogen) atoms. The molecule has 0 rings (SSSR count). The van der Waals surface area contributed by atoms with Gasteiger partial charge in [0.2, 0.25) is 0 Å². The van der Waals surface area contributed by atoms with Crippen LogP contribution in [0.2, 0.25) is 0 Å². The summed E-state index contributed by atoms with van der Waals surface area (Å²) in [5, 5.41) is 14.1. The summed E-state index contributed by atoms with van der Waals surface area (Å²) in [5.74, 6) is 0. The molecule has 10 heteroatoms. The summed E-state index contributed by atoms with van der Waals surface area (Å²) >= 11 is 7.74. The van der Waals surface area contributed by atoms with Gasteiger partial charge in [0.1, 0.15) is 0 Å². The quantitative estimate of drug-likeness (QED) is 0.445. The molecule has 0 aromatic carbocycles. The zero-order valence-corrected chi connectivity index (χ0v) is 16.2. The minimum absolute atomic E-state index is 0.500. The van der Waals surface area contributed by atoms with Gasteiger partial charge >= 0.3 is 9.53 Å². The van der Waals surface area contributed by atoms with Crippen LogP contribution in [0.15, 0.2) is 0 Å². The van der Waals surface area contributed by atoms with Crippen molar-refractivity contribution < 1.29 is 23.5 Å². The molecule has 0 saturated carbocycles. The Hall–Kier alpha value is -0.523. The molecule has 0 aromatic rings. The average molecular weight is 351 g/mol. The van der Waals surface area contributed by atoms with Crippen LogP contribution < -0.4 is 11.5 Å². The van der Waals surface area contributed by atoms with Crippen molar-refractivity contribution in [3.05, 3.63) is 0 Å². The van der Waals surface area contributed by atoms with Gasteiger partial charge in [-0.2, -0.15) is 0 Å². The van der Waals surface area contributed by atoms with Gasteiger partial charge < -0.3 is 35.0 Å². The number of aliphatic hydroxyl groups excluding tert-OH is 2. The number of aliphatic hydroxyl groups is 2. The van der Waals surface area contributed by atoms with Crippen molar-refractivity contribution in [2.24, 2.45) is 11.5 Å². The third-order valence-electron chi connectivity index (χ3n) is 0.577. The summed E-state index contributed by atoms with van der Waals surface area (Å²) in [6.07, 6.45) is 1.25. The van der Waals surface area contributed by atoms with E-state index in [9.17, 15) is 0 Å². The number of hydrogen-bond acceptors (Lipinski definition) is 5. The Morgan fingerprint density at radius 1 is 0.900 bits per heavy atom. The maximum atomic E-state index is 7.56. The van der Waals surface area contributed by atoms with Crippen molar-refractivity contribution in [3.8, 4) is 0 Å². The Balaban J connectivity index is -0.0000000505. The third-order valence-corrected chi connectivity index (χ3v) is 1.73. The van der Waals surface area contributed by atoms with E-state index in [0.29, 0.717) is 0 Å². The summed E-state index contributed by atoms with van der Waals surface area (Å²) in [6, 6.07) is 0. The lowest BCUT2D eigenvalue weighted by molar-refractivity contribution is 0.163. The van der Waals surface area contributed by atoms with Crippen molar-refractivity contribution >= 4 is 44.3 Å². The molecule has 7 nitrogen and oxygen atoms in total. The van der Waals surface area contributed by atoms with E-state index in [1.807, 2.05) is 13.8 Å². The van der Waals surface area contributed by atoms with Gasteiger partial charge in [-0.25, -0.2) is 0 Å². The molecule has 0 aliphatic heterocycles. The fourth-order valence-electron chi connectivity index (χ4n) is 0.289. The van der Waals surface area contributed by atoms with Gasteiger partial charge in [0, 0.05) is 21.3 Å². The second-order valence-corrected chi connectivity index (χ2v) is 5.21. The molecule has 0 saturated heterocycles. The summed E-state index contributed by atoms with van der Waals surface area (Å²) in [4.78, 5) is 0. The van der Waals surface area contributed by atoms with Crippen LogP contribution in [0.5, 0.6) is 0 Å². The predicted molar refractivity (Wildman–Crippen MR) is 94.3 cm³/mol. The molecule has 0 unspecified atom stereocenters. The molecule has 6 N–H and O–H groups in total. The number of nitrogens with two attached hydrogens (primary N) is 2. The second-order valence-electron chi connectivity index (χ2n) is 2.38. The fourth-order valence-corrected chi connectivity index (χ4v) is 0.866. The molecule has 0 amide bonds. The topological polar surface area (TPSA) is 120 Å². The first-order chi connectivity index (χ1) is 9.22. The number of thiocarbonyl (C=S) groups is 2. The van der Waals surface area contributed by atoms with Crippen LogP contribution >= 0.6 is 24.4 Å². The molecule has 0 fully saturated rings. The van der Waals surface area contributed by atoms with Gasteiger partial charge in [0.25, 0.3) is 10.3 Å². The molecule has 0 bridgehead atoms. The van der Waals surface area contributed by atoms with Gasteiger partial charge in [-0.1, -0.05) is 34.1 Å². The molecule has 0 radical (unpaired) electrons. The lowest BCUT2D eigenvalue weighted by atomic mass is 10.6. The molecule has 0 atom stereocenters. The molecule has 0 aromatic heterocycles. The lowest BCUT2D eigenvalue weighted by Gasteiger charge is -2.05. The maximum absolute atomic E-state index is 7.56. The maximum Gasteiger partial charge on any atom is 0.483 e. The predicted octanol–water partition coefficient (Wildman–Crippen LogP) is 1.66. The van der Waals surface area contributed by atoms with E-state index in [1.54, 1.807) is 21.3 Å². The summed E-state index contributed by atoms with van der Waals surface area (Å²) < 4.78 is 14.2. The van der Waals surface area contributed by atoms with Crippen LogP contribution in [-0.4, -0.2) is 51.4 Å². The number of rotatable bonds is 3. The van der Waals surface area contributed by atoms with Gasteiger partial charge in [-0.3, -0.25) is 0 Å². The normalized spacial score (nSPS) is 7.20. The molecular weight excluding hydrogens is 320 g/mol. The third kappa shape index (κ3) is 158. The van der Waals surface area contributed by atoms with E-state index in [2.05, 4.69) is 49.8 Å². The van der Waals surface area contributed by atoms with Gasteiger partial charge in [-0.05, 0) is 24.4 Å². The lowest BCUT2D eigenvalue weighted by Crippen LogP contribution is -2.21. The molecule has 126 valence electrons. The second kappa shape index (κ2) is 36.3. The van der Waals surface area contributed by atoms with Gasteiger partial charge in [0.05, 0.1) is 0 Å². The Labute approximate surface area is 135 Å². The zero-order chi connectivity index (χ0) is 17.6. The highest BCUT2D eigenvalue weighted by Crippen LogP contribution is 1.81. The van der Waals surface area contributed by atoms with Crippen molar-refractivity contribution in [3.63, 3.8) is 0 Å². The Morgan fingerprint density at radius 2 is 1.00 bits per heavy atom. The summed E-state index contributed by atoms with van der Waals surface area (Å²) in [6.45, 7) is 8.25. The number of hydrogen-bond donors (Lipinski definition) is 4. The van der Waals surface area contributed by atoms with Crippen LogP contribution in [0, 0.1) is 0 Å². The standard InChI is InChI=1S/C3H10O3Si.C3H8.C2H6.2CH3NOS/c1-4-7(5-2)6-3;1-3-2;1-2;2*2-1(3)4/h7H,1-3H3;3H2,1-2H3;1-2H3;2*(H3,2,3,4). The highest BCUT2D eigenvalue weighted by atomic mass is 32.1. The first-order valence-corrected chi connectivity index (χ1v) is 8.01. The summed E-state index contributed by atoms with van der Waals surface area (Å²) in [7, 11) is 3.05. The SMILES string of the molecule is CC.CCC.CO[SiH](OC)OC.NC(O)=S.NC(O)=S. The Bertz CT molecular complexity index is 162. The van der Waals surface area contributed by atoms with Crippen molar-refractivity contribution in [2.45, 2.75) is 34.1 Å². The van der Waals surface area contributed by atoms with Gasteiger partial charge in [-0.15, -0.1) is 0 Å². The average Bonchev–Trinajstić information content (AvgIpc) is 2.33. The van der Waals surface area contributed by atoms with E-state index in [1.165, 1.54) is 6.42 Å². The van der Waals surface area contributed by atoms with E-state index >= 15 is 0 Å². The van der Waals surface area contributed by atoms with E-state index in [4.69, 9.17) is 23.5 Å². The molecule has 0 aliphatic rings. The van der Waals surface area contributed by atoms with Crippen LogP contribution in [0.4, 0.5) is 0 Å². The Kier molecular flexibility index (Phi) is 57.5. The Morgan fingerprint density at radius 3 is 1.00 bits per heavy atom. The molecular formula is C10H30N2O5S2Si. The van der Waals surface area contributed by atoms with Crippen LogP contribution in [0.1, 0.15) is 34.1 Å². The first-order valence-electron chi connectivity index (χ1n) is 5.78. The zero-order valence-electron chi connectivity index (χ0n) is 13.4. The largest absolute Gasteiger partial charge is 0.487 e. The molecule has 0 heterocycles.